The second-order valence-electron chi connectivity index (χ2n) is 7.81. The summed E-state index contributed by atoms with van der Waals surface area (Å²) in [6.45, 7) is 5.15. The number of hydrogen-bond acceptors (Lipinski definition) is 4. The molecule has 0 radical (unpaired) electrons. The van der Waals surface area contributed by atoms with Crippen molar-refractivity contribution < 1.29 is 19.1 Å². The molecule has 0 heterocycles. The van der Waals surface area contributed by atoms with Crippen molar-refractivity contribution >= 4 is 11.8 Å². The summed E-state index contributed by atoms with van der Waals surface area (Å²) in [6.07, 6.45) is 1.17. The van der Waals surface area contributed by atoms with Gasteiger partial charge in [-0.1, -0.05) is 56.3 Å². The monoisotopic (exact) mass is 426 g/mol. The topological polar surface area (TPSA) is 67.9 Å². The third kappa shape index (κ3) is 7.72. The van der Waals surface area contributed by atoms with Crippen molar-refractivity contribution in [2.75, 3.05) is 27.4 Å². The van der Waals surface area contributed by atoms with E-state index in [1.165, 1.54) is 0 Å². The molecule has 1 N–H and O–H groups in total. The Balaban J connectivity index is 2.30. The van der Waals surface area contributed by atoms with Gasteiger partial charge in [0.05, 0.1) is 7.11 Å². The van der Waals surface area contributed by atoms with Gasteiger partial charge in [0.1, 0.15) is 11.8 Å². The average Bonchev–Trinajstić information content (AvgIpc) is 2.79. The zero-order chi connectivity index (χ0) is 22.6. The van der Waals surface area contributed by atoms with Crippen molar-refractivity contribution in [1.82, 2.24) is 10.2 Å². The Morgan fingerprint density at radius 1 is 0.968 bits per heavy atom. The van der Waals surface area contributed by atoms with E-state index in [1.54, 1.807) is 19.1 Å². The smallest absolute Gasteiger partial charge is 0.243 e. The molecule has 0 bridgehead atoms. The van der Waals surface area contributed by atoms with Crippen LogP contribution in [0.5, 0.6) is 5.75 Å². The predicted molar refractivity (Wildman–Crippen MR) is 122 cm³/mol. The maximum Gasteiger partial charge on any atom is 0.243 e. The Labute approximate surface area is 185 Å². The van der Waals surface area contributed by atoms with Gasteiger partial charge >= 0.3 is 0 Å². The fraction of sp³-hybridized carbons (Fsp3) is 0.440. The lowest BCUT2D eigenvalue weighted by atomic mass is 10.0. The molecule has 0 aliphatic carbocycles. The van der Waals surface area contributed by atoms with Crippen LogP contribution in [-0.4, -0.2) is 50.1 Å². The first-order valence-electron chi connectivity index (χ1n) is 10.7. The first-order valence-corrected chi connectivity index (χ1v) is 10.7. The Morgan fingerprint density at radius 2 is 1.65 bits per heavy atom. The van der Waals surface area contributed by atoms with Crippen LogP contribution in [0.3, 0.4) is 0 Å². The van der Waals surface area contributed by atoms with E-state index in [1.807, 2.05) is 68.4 Å². The predicted octanol–water partition coefficient (Wildman–Crippen LogP) is 3.44. The second-order valence-corrected chi connectivity index (χ2v) is 7.81. The number of methoxy groups -OCH3 is 2. The maximum absolute atomic E-state index is 13.2. The third-order valence-corrected chi connectivity index (χ3v) is 5.06. The van der Waals surface area contributed by atoms with Gasteiger partial charge in [0.2, 0.25) is 11.8 Å². The number of nitrogens with zero attached hydrogens (tertiary/aromatic N) is 1. The van der Waals surface area contributed by atoms with Gasteiger partial charge < -0.3 is 19.7 Å². The number of carbonyl (C=O) groups is 2. The van der Waals surface area contributed by atoms with Crippen molar-refractivity contribution in [3.05, 3.63) is 65.7 Å². The molecular formula is C25H34N2O4. The van der Waals surface area contributed by atoms with Crippen molar-refractivity contribution in [2.45, 2.75) is 39.3 Å². The standard InChI is InChI=1S/C25H34N2O4/c1-19(2)25(29)27(18-21-11-13-22(31-4)14-12-21)23(17-20-9-6-5-7-10-20)24(28)26-15-8-16-30-3/h5-7,9-14,19,23H,8,15-18H2,1-4H3,(H,26,28)/t23-/m0/s1. The molecular weight excluding hydrogens is 392 g/mol. The van der Waals surface area contributed by atoms with Crippen molar-refractivity contribution in [3.63, 3.8) is 0 Å². The molecule has 0 aliphatic heterocycles. The van der Waals surface area contributed by atoms with Gasteiger partial charge in [0.25, 0.3) is 0 Å². The summed E-state index contributed by atoms with van der Waals surface area (Å²) in [4.78, 5) is 28.1. The van der Waals surface area contributed by atoms with Gasteiger partial charge in [-0.15, -0.1) is 0 Å². The molecule has 6 nitrogen and oxygen atoms in total. The fourth-order valence-corrected chi connectivity index (χ4v) is 3.33. The van der Waals surface area contributed by atoms with E-state index in [9.17, 15) is 9.59 Å². The summed E-state index contributed by atoms with van der Waals surface area (Å²) in [5.74, 6) is 0.325. The van der Waals surface area contributed by atoms with Crippen molar-refractivity contribution in [2.24, 2.45) is 5.92 Å². The van der Waals surface area contributed by atoms with Crippen molar-refractivity contribution in [3.8, 4) is 5.75 Å². The number of carbonyl (C=O) groups excluding carboxylic acids is 2. The zero-order valence-corrected chi connectivity index (χ0v) is 19.0. The van der Waals surface area contributed by atoms with Gasteiger partial charge in [-0.05, 0) is 29.7 Å². The molecule has 0 saturated carbocycles. The van der Waals surface area contributed by atoms with Crippen LogP contribution in [-0.2, 0) is 27.3 Å². The largest absolute Gasteiger partial charge is 0.497 e. The minimum Gasteiger partial charge on any atom is -0.497 e. The lowest BCUT2D eigenvalue weighted by Crippen LogP contribution is -2.51. The van der Waals surface area contributed by atoms with E-state index in [0.717, 1.165) is 23.3 Å². The molecule has 0 spiro atoms. The first kappa shape index (κ1) is 24.4. The van der Waals surface area contributed by atoms with Gasteiger partial charge in [-0.25, -0.2) is 0 Å². The lowest BCUT2D eigenvalue weighted by Gasteiger charge is -2.33. The molecule has 2 rings (SSSR count). The minimum atomic E-state index is -0.609. The number of ether oxygens (including phenoxy) is 2. The van der Waals surface area contributed by atoms with E-state index in [2.05, 4.69) is 5.32 Å². The third-order valence-electron chi connectivity index (χ3n) is 5.06. The summed E-state index contributed by atoms with van der Waals surface area (Å²) < 4.78 is 10.3. The van der Waals surface area contributed by atoms with Gasteiger partial charge in [-0.3, -0.25) is 9.59 Å². The van der Waals surface area contributed by atoms with Gasteiger partial charge in [-0.2, -0.15) is 0 Å². The van der Waals surface area contributed by atoms with Crippen LogP contribution in [0.15, 0.2) is 54.6 Å². The molecule has 6 heteroatoms. The van der Waals surface area contributed by atoms with Gasteiger partial charge in [0.15, 0.2) is 0 Å². The summed E-state index contributed by atoms with van der Waals surface area (Å²) in [6, 6.07) is 16.8. The minimum absolute atomic E-state index is 0.0520. The molecule has 0 fully saturated rings. The molecule has 2 aromatic carbocycles. The number of nitrogens with one attached hydrogen (secondary N) is 1. The van der Waals surface area contributed by atoms with E-state index in [0.29, 0.717) is 26.1 Å². The average molecular weight is 427 g/mol. The summed E-state index contributed by atoms with van der Waals surface area (Å²) in [5.41, 5.74) is 1.95. The molecule has 31 heavy (non-hydrogen) atoms. The van der Waals surface area contributed by atoms with E-state index in [4.69, 9.17) is 9.47 Å². The molecule has 0 unspecified atom stereocenters. The Morgan fingerprint density at radius 3 is 2.23 bits per heavy atom. The Bertz CT molecular complexity index is 806. The van der Waals surface area contributed by atoms with Crippen LogP contribution in [0, 0.1) is 5.92 Å². The zero-order valence-electron chi connectivity index (χ0n) is 19.0. The molecule has 0 aromatic heterocycles. The highest BCUT2D eigenvalue weighted by Gasteiger charge is 2.31. The number of benzene rings is 2. The Kier molecular flexibility index (Phi) is 10.0. The van der Waals surface area contributed by atoms with E-state index in [-0.39, 0.29) is 17.7 Å². The summed E-state index contributed by atoms with van der Waals surface area (Å²) in [7, 11) is 3.26. The quantitative estimate of drug-likeness (QED) is 0.528. The molecule has 2 aromatic rings. The molecule has 0 saturated heterocycles. The van der Waals surface area contributed by atoms with Crippen LogP contribution in [0.4, 0.5) is 0 Å². The summed E-state index contributed by atoms with van der Waals surface area (Å²) in [5, 5.41) is 2.98. The molecule has 168 valence electrons. The Hall–Kier alpha value is -2.86. The summed E-state index contributed by atoms with van der Waals surface area (Å²) >= 11 is 0. The highest BCUT2D eigenvalue weighted by Crippen LogP contribution is 2.19. The second kappa shape index (κ2) is 12.7. The number of hydrogen-bond donors (Lipinski definition) is 1. The van der Waals surface area contributed by atoms with Crippen LogP contribution in [0.2, 0.25) is 0 Å². The van der Waals surface area contributed by atoms with Crippen LogP contribution >= 0.6 is 0 Å². The molecule has 2 amide bonds. The lowest BCUT2D eigenvalue weighted by molar-refractivity contribution is -0.143. The first-order chi connectivity index (χ1) is 15.0. The fourth-order valence-electron chi connectivity index (χ4n) is 3.33. The SMILES string of the molecule is COCCCNC(=O)[C@H](Cc1ccccc1)N(Cc1ccc(OC)cc1)C(=O)C(C)C. The molecule has 1 atom stereocenters. The maximum atomic E-state index is 13.2. The highest BCUT2D eigenvalue weighted by atomic mass is 16.5. The highest BCUT2D eigenvalue weighted by molar-refractivity contribution is 5.88. The normalized spacial score (nSPS) is 11.8. The van der Waals surface area contributed by atoms with Gasteiger partial charge in [0, 0.05) is 39.1 Å². The number of amides is 2. The van der Waals surface area contributed by atoms with Crippen LogP contribution in [0.25, 0.3) is 0 Å². The van der Waals surface area contributed by atoms with Crippen LogP contribution < -0.4 is 10.1 Å². The molecule has 0 aliphatic rings. The van der Waals surface area contributed by atoms with Crippen LogP contribution in [0.1, 0.15) is 31.4 Å². The number of rotatable bonds is 12. The van der Waals surface area contributed by atoms with E-state index >= 15 is 0 Å². The van der Waals surface area contributed by atoms with Crippen molar-refractivity contribution in [1.29, 1.82) is 0 Å². The van der Waals surface area contributed by atoms with E-state index < -0.39 is 6.04 Å².